The Morgan fingerprint density at radius 3 is 2.71 bits per heavy atom. The molecule has 112 valence electrons. The summed E-state index contributed by atoms with van der Waals surface area (Å²) in [5, 5.41) is 3.01. The number of ether oxygens (including phenoxy) is 1. The zero-order valence-corrected chi connectivity index (χ0v) is 13.5. The zero-order valence-electron chi connectivity index (χ0n) is 11.9. The minimum Gasteiger partial charge on any atom is -0.473 e. The van der Waals surface area contributed by atoms with Crippen molar-refractivity contribution >= 4 is 33.1 Å². The van der Waals surface area contributed by atoms with Gasteiger partial charge in [0.05, 0.1) is 10.6 Å². The second-order valence-corrected chi connectivity index (χ2v) is 5.67. The molecule has 0 radical (unpaired) electrons. The van der Waals surface area contributed by atoms with Gasteiger partial charge in [-0.2, -0.15) is 4.98 Å². The fourth-order valence-corrected chi connectivity index (χ4v) is 2.16. The molecular formula is C14H16BrFN4O. The SMILES string of the molecule is Cc1cc(Br)c(F)cc1Nc1ncnc(OC(C)C)c1N. The van der Waals surface area contributed by atoms with E-state index in [9.17, 15) is 4.39 Å². The van der Waals surface area contributed by atoms with Crippen molar-refractivity contribution in [2.45, 2.75) is 26.9 Å². The molecule has 1 aromatic carbocycles. The van der Waals surface area contributed by atoms with Gasteiger partial charge in [-0.3, -0.25) is 0 Å². The van der Waals surface area contributed by atoms with Crippen LogP contribution in [-0.2, 0) is 0 Å². The summed E-state index contributed by atoms with van der Waals surface area (Å²) in [6.07, 6.45) is 1.29. The van der Waals surface area contributed by atoms with E-state index in [1.807, 2.05) is 20.8 Å². The normalized spacial score (nSPS) is 10.8. The molecule has 0 unspecified atom stereocenters. The zero-order chi connectivity index (χ0) is 15.6. The molecule has 0 amide bonds. The lowest BCUT2D eigenvalue weighted by Crippen LogP contribution is -2.11. The van der Waals surface area contributed by atoms with Crippen molar-refractivity contribution in [2.24, 2.45) is 0 Å². The van der Waals surface area contributed by atoms with Gasteiger partial charge in [0.1, 0.15) is 17.8 Å². The van der Waals surface area contributed by atoms with Crippen LogP contribution < -0.4 is 15.8 Å². The molecule has 0 saturated carbocycles. The van der Waals surface area contributed by atoms with E-state index in [4.69, 9.17) is 10.5 Å². The fourth-order valence-electron chi connectivity index (χ4n) is 1.70. The summed E-state index contributed by atoms with van der Waals surface area (Å²) in [6.45, 7) is 5.61. The van der Waals surface area contributed by atoms with Crippen molar-refractivity contribution in [3.05, 3.63) is 34.3 Å². The second kappa shape index (κ2) is 6.26. The van der Waals surface area contributed by atoms with Crippen molar-refractivity contribution in [3.8, 4) is 5.88 Å². The Morgan fingerprint density at radius 2 is 2.05 bits per heavy atom. The third-order valence-corrected chi connectivity index (χ3v) is 3.32. The highest BCUT2D eigenvalue weighted by atomic mass is 79.9. The summed E-state index contributed by atoms with van der Waals surface area (Å²) in [5.74, 6) is 0.317. The highest BCUT2D eigenvalue weighted by Crippen LogP contribution is 2.31. The van der Waals surface area contributed by atoms with Gasteiger partial charge in [-0.25, -0.2) is 9.37 Å². The van der Waals surface area contributed by atoms with E-state index in [1.54, 1.807) is 6.07 Å². The molecule has 0 aliphatic carbocycles. The Labute approximate surface area is 130 Å². The highest BCUT2D eigenvalue weighted by Gasteiger charge is 2.13. The summed E-state index contributed by atoms with van der Waals surface area (Å²) in [4.78, 5) is 8.07. The lowest BCUT2D eigenvalue weighted by molar-refractivity contribution is 0.234. The van der Waals surface area contributed by atoms with Crippen LogP contribution in [0.4, 0.5) is 21.6 Å². The summed E-state index contributed by atoms with van der Waals surface area (Å²) >= 11 is 3.15. The number of nitrogens with zero attached hydrogens (tertiary/aromatic N) is 2. The first-order valence-electron chi connectivity index (χ1n) is 6.38. The average Bonchev–Trinajstić information content (AvgIpc) is 2.40. The number of halogens is 2. The Bertz CT molecular complexity index is 664. The van der Waals surface area contributed by atoms with E-state index in [0.717, 1.165) is 5.56 Å². The maximum absolute atomic E-state index is 13.6. The maximum atomic E-state index is 13.6. The Kier molecular flexibility index (Phi) is 4.62. The predicted octanol–water partition coefficient (Wildman–Crippen LogP) is 3.80. The van der Waals surface area contributed by atoms with Gasteiger partial charge in [0.15, 0.2) is 5.82 Å². The van der Waals surface area contributed by atoms with Crippen LogP contribution in [0.1, 0.15) is 19.4 Å². The number of rotatable bonds is 4. The molecule has 1 heterocycles. The van der Waals surface area contributed by atoms with Crippen molar-refractivity contribution < 1.29 is 9.13 Å². The third kappa shape index (κ3) is 3.60. The first kappa shape index (κ1) is 15.5. The molecule has 1 aromatic heterocycles. The molecule has 0 aliphatic heterocycles. The molecule has 2 aromatic rings. The first-order valence-corrected chi connectivity index (χ1v) is 7.17. The topological polar surface area (TPSA) is 73.1 Å². The van der Waals surface area contributed by atoms with Gasteiger partial charge >= 0.3 is 0 Å². The molecule has 0 saturated heterocycles. The van der Waals surface area contributed by atoms with Crippen LogP contribution in [0.15, 0.2) is 22.9 Å². The van der Waals surface area contributed by atoms with Crippen molar-refractivity contribution in [3.63, 3.8) is 0 Å². The highest BCUT2D eigenvalue weighted by molar-refractivity contribution is 9.10. The standard InChI is InChI=1S/C14H16BrFN4O/c1-7(2)21-14-12(17)13(18-6-19-14)20-11-5-10(16)9(15)4-8(11)3/h4-7H,17H2,1-3H3,(H,18,19,20). The van der Waals surface area contributed by atoms with Crippen LogP contribution in [0.3, 0.4) is 0 Å². The average molecular weight is 355 g/mol. The van der Waals surface area contributed by atoms with E-state index in [1.165, 1.54) is 12.4 Å². The molecule has 21 heavy (non-hydrogen) atoms. The molecule has 0 atom stereocenters. The Morgan fingerprint density at radius 1 is 1.33 bits per heavy atom. The quantitative estimate of drug-likeness (QED) is 0.873. The van der Waals surface area contributed by atoms with Gasteiger partial charge in [0, 0.05) is 5.69 Å². The Hall–Kier alpha value is -1.89. The van der Waals surface area contributed by atoms with E-state index in [2.05, 4.69) is 31.2 Å². The predicted molar refractivity (Wildman–Crippen MR) is 84.3 cm³/mol. The molecule has 5 nitrogen and oxygen atoms in total. The number of anilines is 3. The van der Waals surface area contributed by atoms with E-state index >= 15 is 0 Å². The third-order valence-electron chi connectivity index (χ3n) is 2.72. The lowest BCUT2D eigenvalue weighted by Gasteiger charge is -2.15. The van der Waals surface area contributed by atoms with E-state index in [0.29, 0.717) is 21.9 Å². The van der Waals surface area contributed by atoms with Gasteiger partial charge < -0.3 is 15.8 Å². The van der Waals surface area contributed by atoms with Crippen LogP contribution in [-0.4, -0.2) is 16.1 Å². The van der Waals surface area contributed by atoms with Crippen LogP contribution >= 0.6 is 15.9 Å². The lowest BCUT2D eigenvalue weighted by atomic mass is 10.2. The largest absolute Gasteiger partial charge is 0.473 e. The van der Waals surface area contributed by atoms with Gasteiger partial charge in [0.25, 0.3) is 0 Å². The van der Waals surface area contributed by atoms with Crippen LogP contribution in [0, 0.1) is 12.7 Å². The number of hydrogen-bond acceptors (Lipinski definition) is 5. The molecule has 7 heteroatoms. The van der Waals surface area contributed by atoms with Crippen LogP contribution in [0.5, 0.6) is 5.88 Å². The van der Waals surface area contributed by atoms with Crippen molar-refractivity contribution in [2.75, 3.05) is 11.1 Å². The Balaban J connectivity index is 2.34. The van der Waals surface area contributed by atoms with Gasteiger partial charge in [-0.15, -0.1) is 0 Å². The summed E-state index contributed by atoms with van der Waals surface area (Å²) < 4.78 is 19.5. The van der Waals surface area contributed by atoms with Gasteiger partial charge in [-0.05, 0) is 54.4 Å². The number of hydrogen-bond donors (Lipinski definition) is 2. The second-order valence-electron chi connectivity index (χ2n) is 4.81. The molecule has 0 spiro atoms. The number of benzene rings is 1. The van der Waals surface area contributed by atoms with Gasteiger partial charge in [0.2, 0.25) is 5.88 Å². The number of nitrogens with two attached hydrogens (primary N) is 1. The van der Waals surface area contributed by atoms with Crippen molar-refractivity contribution in [1.82, 2.24) is 9.97 Å². The van der Waals surface area contributed by atoms with E-state index in [-0.39, 0.29) is 17.6 Å². The molecule has 0 fully saturated rings. The summed E-state index contributed by atoms with van der Waals surface area (Å²) in [5.41, 5.74) is 7.70. The molecule has 0 bridgehead atoms. The first-order chi connectivity index (χ1) is 9.88. The molecule has 2 rings (SSSR count). The monoisotopic (exact) mass is 354 g/mol. The summed E-state index contributed by atoms with van der Waals surface area (Å²) in [6, 6.07) is 3.06. The maximum Gasteiger partial charge on any atom is 0.242 e. The van der Waals surface area contributed by atoms with Crippen LogP contribution in [0.2, 0.25) is 0 Å². The van der Waals surface area contributed by atoms with E-state index < -0.39 is 0 Å². The number of nitrogen functional groups attached to an aromatic ring is 1. The number of nitrogens with one attached hydrogen (secondary N) is 1. The van der Waals surface area contributed by atoms with Gasteiger partial charge in [-0.1, -0.05) is 0 Å². The smallest absolute Gasteiger partial charge is 0.242 e. The molecule has 3 N–H and O–H groups in total. The minimum atomic E-state index is -0.366. The molecule has 0 aliphatic rings. The number of aromatic nitrogens is 2. The number of aryl methyl sites for hydroxylation is 1. The molecular weight excluding hydrogens is 339 g/mol. The van der Waals surface area contributed by atoms with Crippen molar-refractivity contribution in [1.29, 1.82) is 0 Å². The van der Waals surface area contributed by atoms with Crippen LogP contribution in [0.25, 0.3) is 0 Å². The summed E-state index contributed by atoms with van der Waals surface area (Å²) in [7, 11) is 0. The fraction of sp³-hybridized carbons (Fsp3) is 0.286. The minimum absolute atomic E-state index is 0.0538.